The molecule has 1 aromatic rings. The lowest BCUT2D eigenvalue weighted by Crippen LogP contribution is -2.59. The van der Waals surface area contributed by atoms with Crippen molar-refractivity contribution in [1.82, 2.24) is 20.7 Å². The van der Waals surface area contributed by atoms with E-state index < -0.39 is 0 Å². The summed E-state index contributed by atoms with van der Waals surface area (Å²) in [6, 6.07) is 0. The molecule has 4 bridgehead atoms. The maximum Gasteiger partial charge on any atom is 0.273 e. The van der Waals surface area contributed by atoms with Crippen LogP contribution in [0.2, 0.25) is 0 Å². The highest BCUT2D eigenvalue weighted by Crippen LogP contribution is 2.55. The normalized spacial score (nSPS) is 41.0. The van der Waals surface area contributed by atoms with Crippen LogP contribution in [0.15, 0.2) is 6.20 Å². The van der Waals surface area contributed by atoms with Gasteiger partial charge in [0.25, 0.3) is 5.91 Å². The monoisotopic (exact) mass is 246 g/mol. The van der Waals surface area contributed by atoms with Gasteiger partial charge in [0.2, 0.25) is 0 Å². The van der Waals surface area contributed by atoms with Crippen LogP contribution in [-0.2, 0) is 0 Å². The molecule has 1 aromatic heterocycles. The van der Waals surface area contributed by atoms with Gasteiger partial charge in [-0.1, -0.05) is 0 Å². The quantitative estimate of drug-likeness (QED) is 0.830. The maximum atomic E-state index is 12.2. The summed E-state index contributed by atoms with van der Waals surface area (Å²) in [7, 11) is 0. The second-order valence-corrected chi connectivity index (χ2v) is 6.51. The summed E-state index contributed by atoms with van der Waals surface area (Å²) in [6.07, 6.45) is 9.17. The lowest BCUT2D eigenvalue weighted by molar-refractivity contribution is -0.0167. The van der Waals surface area contributed by atoms with Crippen LogP contribution in [0.1, 0.15) is 49.0 Å². The molecule has 0 aliphatic heterocycles. The van der Waals surface area contributed by atoms with Gasteiger partial charge in [0, 0.05) is 5.54 Å². The molecular weight excluding hydrogens is 228 g/mol. The summed E-state index contributed by atoms with van der Waals surface area (Å²) < 4.78 is 0. The van der Waals surface area contributed by atoms with E-state index in [1.165, 1.54) is 44.7 Å². The van der Waals surface area contributed by atoms with Crippen LogP contribution in [-0.4, -0.2) is 26.9 Å². The van der Waals surface area contributed by atoms with E-state index in [4.69, 9.17) is 0 Å². The van der Waals surface area contributed by atoms with Gasteiger partial charge < -0.3 is 5.32 Å². The molecule has 2 N–H and O–H groups in total. The molecule has 4 saturated carbocycles. The van der Waals surface area contributed by atoms with Gasteiger partial charge >= 0.3 is 0 Å². The standard InChI is InChI=1S/C13H18N4O/c18-12(11-7-14-17-16-11)15-13-4-8-1-9(5-13)3-10(2-8)6-13/h7-10H,1-6H2,(H,15,18)(H,14,16,17). The molecule has 5 rings (SSSR count). The highest BCUT2D eigenvalue weighted by Gasteiger charge is 2.51. The molecule has 0 radical (unpaired) electrons. The molecule has 4 aliphatic carbocycles. The molecule has 5 heteroatoms. The van der Waals surface area contributed by atoms with Crippen LogP contribution in [0.4, 0.5) is 0 Å². The number of nitrogens with one attached hydrogen (secondary N) is 2. The fourth-order valence-corrected chi connectivity index (χ4v) is 4.88. The van der Waals surface area contributed by atoms with E-state index in [1.807, 2.05) is 0 Å². The molecule has 0 aromatic carbocycles. The van der Waals surface area contributed by atoms with Crippen molar-refractivity contribution in [2.45, 2.75) is 44.1 Å². The molecule has 96 valence electrons. The highest BCUT2D eigenvalue weighted by atomic mass is 16.2. The fourth-order valence-electron chi connectivity index (χ4n) is 4.88. The Bertz CT molecular complexity index is 432. The topological polar surface area (TPSA) is 70.7 Å². The summed E-state index contributed by atoms with van der Waals surface area (Å²) in [4.78, 5) is 12.2. The molecule has 0 atom stereocenters. The lowest BCUT2D eigenvalue weighted by atomic mass is 9.53. The molecule has 5 nitrogen and oxygen atoms in total. The van der Waals surface area contributed by atoms with Crippen LogP contribution in [0.5, 0.6) is 0 Å². The Morgan fingerprint density at radius 3 is 2.33 bits per heavy atom. The Kier molecular flexibility index (Phi) is 2.08. The van der Waals surface area contributed by atoms with Gasteiger partial charge in [0.15, 0.2) is 5.69 Å². The Balaban J connectivity index is 1.56. The first-order valence-corrected chi connectivity index (χ1v) is 6.91. The average molecular weight is 246 g/mol. The highest BCUT2D eigenvalue weighted by molar-refractivity contribution is 5.92. The van der Waals surface area contributed by atoms with Crippen molar-refractivity contribution in [3.8, 4) is 0 Å². The number of hydrogen-bond donors (Lipinski definition) is 2. The number of rotatable bonds is 2. The van der Waals surface area contributed by atoms with Crippen molar-refractivity contribution >= 4 is 5.91 Å². The Morgan fingerprint density at radius 1 is 1.22 bits per heavy atom. The molecule has 4 aliphatic rings. The lowest BCUT2D eigenvalue weighted by Gasteiger charge is -2.56. The molecule has 0 saturated heterocycles. The number of carbonyl (C=O) groups excluding carboxylic acids is 1. The second-order valence-electron chi connectivity index (χ2n) is 6.51. The molecule has 4 fully saturated rings. The Labute approximate surface area is 106 Å². The molecule has 18 heavy (non-hydrogen) atoms. The van der Waals surface area contributed by atoms with Gasteiger partial charge in [0.1, 0.15) is 0 Å². The van der Waals surface area contributed by atoms with E-state index >= 15 is 0 Å². The predicted octanol–water partition coefficient (Wildman–Crippen LogP) is 1.50. The van der Waals surface area contributed by atoms with E-state index in [1.54, 1.807) is 0 Å². The van der Waals surface area contributed by atoms with E-state index in [2.05, 4.69) is 20.7 Å². The Hall–Kier alpha value is -1.39. The number of carbonyl (C=O) groups is 1. The zero-order chi connectivity index (χ0) is 12.2. The summed E-state index contributed by atoms with van der Waals surface area (Å²) in [6.45, 7) is 0. The molecule has 0 spiro atoms. The van der Waals surface area contributed by atoms with Crippen LogP contribution in [0.3, 0.4) is 0 Å². The van der Waals surface area contributed by atoms with Crippen molar-refractivity contribution in [3.05, 3.63) is 11.9 Å². The van der Waals surface area contributed by atoms with Gasteiger partial charge in [-0.25, -0.2) is 0 Å². The van der Waals surface area contributed by atoms with Crippen LogP contribution < -0.4 is 5.32 Å². The first-order chi connectivity index (χ1) is 8.72. The maximum absolute atomic E-state index is 12.2. The van der Waals surface area contributed by atoms with Crippen molar-refractivity contribution in [2.75, 3.05) is 0 Å². The van der Waals surface area contributed by atoms with Crippen LogP contribution in [0.25, 0.3) is 0 Å². The first kappa shape index (κ1) is 10.5. The number of H-pyrrole nitrogens is 1. The van der Waals surface area contributed by atoms with Crippen LogP contribution >= 0.6 is 0 Å². The summed E-state index contributed by atoms with van der Waals surface area (Å²) >= 11 is 0. The summed E-state index contributed by atoms with van der Waals surface area (Å²) in [5, 5.41) is 13.3. The van der Waals surface area contributed by atoms with E-state index in [-0.39, 0.29) is 11.4 Å². The van der Waals surface area contributed by atoms with Crippen molar-refractivity contribution in [1.29, 1.82) is 0 Å². The zero-order valence-electron chi connectivity index (χ0n) is 10.4. The third-order valence-corrected chi connectivity index (χ3v) is 5.06. The molecular formula is C13H18N4O. The minimum absolute atomic E-state index is 0.0603. The minimum atomic E-state index is -0.0642. The van der Waals surface area contributed by atoms with E-state index in [0.717, 1.165) is 17.8 Å². The second kappa shape index (κ2) is 3.56. The smallest absolute Gasteiger partial charge is 0.273 e. The number of hydrogen-bond acceptors (Lipinski definition) is 3. The van der Waals surface area contributed by atoms with Gasteiger partial charge in [0.05, 0.1) is 6.20 Å². The summed E-state index contributed by atoms with van der Waals surface area (Å²) in [5.41, 5.74) is 0.468. The number of nitrogens with zero attached hydrogens (tertiary/aromatic N) is 2. The third kappa shape index (κ3) is 1.56. The fraction of sp³-hybridized carbons (Fsp3) is 0.769. The molecule has 1 amide bonds. The van der Waals surface area contributed by atoms with Crippen molar-refractivity contribution < 1.29 is 4.79 Å². The molecule has 0 unspecified atom stereocenters. The number of aromatic nitrogens is 3. The molecule has 1 heterocycles. The Morgan fingerprint density at radius 2 is 1.83 bits per heavy atom. The van der Waals surface area contributed by atoms with Crippen molar-refractivity contribution in [2.24, 2.45) is 17.8 Å². The van der Waals surface area contributed by atoms with Gasteiger partial charge in [-0.2, -0.15) is 15.4 Å². The zero-order valence-corrected chi connectivity index (χ0v) is 10.4. The summed E-state index contributed by atoms with van der Waals surface area (Å²) in [5.74, 6) is 2.46. The van der Waals surface area contributed by atoms with E-state index in [9.17, 15) is 4.79 Å². The largest absolute Gasteiger partial charge is 0.345 e. The van der Waals surface area contributed by atoms with Crippen LogP contribution in [0, 0.1) is 17.8 Å². The predicted molar refractivity (Wildman–Crippen MR) is 64.8 cm³/mol. The van der Waals surface area contributed by atoms with Gasteiger partial charge in [-0.15, -0.1) is 0 Å². The minimum Gasteiger partial charge on any atom is -0.345 e. The van der Waals surface area contributed by atoms with E-state index in [0.29, 0.717) is 5.69 Å². The van der Waals surface area contributed by atoms with Gasteiger partial charge in [-0.05, 0) is 56.3 Å². The third-order valence-electron chi connectivity index (χ3n) is 5.06. The van der Waals surface area contributed by atoms with Gasteiger partial charge in [-0.3, -0.25) is 4.79 Å². The number of aromatic amines is 1. The number of amides is 1. The van der Waals surface area contributed by atoms with Crippen molar-refractivity contribution in [3.63, 3.8) is 0 Å². The first-order valence-electron chi connectivity index (χ1n) is 6.91. The SMILES string of the molecule is O=C(NC12CC3CC(CC(C3)C1)C2)c1cn[nH]n1. The average Bonchev–Trinajstić information content (AvgIpc) is 2.79.